The summed E-state index contributed by atoms with van der Waals surface area (Å²) in [5.41, 5.74) is 9.51. The van der Waals surface area contributed by atoms with Crippen molar-refractivity contribution in [1.82, 2.24) is 0 Å². The Balaban J connectivity index is 2.21. The molecule has 0 aliphatic heterocycles. The molecule has 0 amide bonds. The molecule has 0 aliphatic carbocycles. The van der Waals surface area contributed by atoms with Crippen molar-refractivity contribution in [1.29, 1.82) is 0 Å². The molecule has 0 saturated carbocycles. The monoisotopic (exact) mass is 337 g/mol. The van der Waals surface area contributed by atoms with Crippen LogP contribution in [0.2, 0.25) is 5.02 Å². The van der Waals surface area contributed by atoms with Crippen molar-refractivity contribution >= 4 is 27.5 Å². The first-order valence-corrected chi connectivity index (χ1v) is 7.48. The maximum absolute atomic E-state index is 6.29. The SMILES string of the molecule is Cc1ccc(CC(CN)c2ccc(Br)cc2)c(Cl)c1. The van der Waals surface area contributed by atoms with Crippen LogP contribution in [0.1, 0.15) is 22.6 Å². The second-order valence-corrected chi connectivity index (χ2v) is 6.11. The van der Waals surface area contributed by atoms with E-state index in [2.05, 4.69) is 52.3 Å². The molecular formula is C16H17BrClN. The van der Waals surface area contributed by atoms with E-state index in [1.807, 2.05) is 13.0 Å². The molecule has 3 heteroatoms. The standard InChI is InChI=1S/C16H17BrClN/c1-11-2-3-13(16(18)8-11)9-14(10-19)12-4-6-15(17)7-5-12/h2-8,14H,9-10,19H2,1H3. The zero-order valence-electron chi connectivity index (χ0n) is 10.9. The van der Waals surface area contributed by atoms with Gasteiger partial charge in [0.2, 0.25) is 0 Å². The average molecular weight is 339 g/mol. The highest BCUT2D eigenvalue weighted by Crippen LogP contribution is 2.26. The van der Waals surface area contributed by atoms with E-state index in [-0.39, 0.29) is 0 Å². The molecule has 2 aromatic carbocycles. The van der Waals surface area contributed by atoms with Gasteiger partial charge in [-0.1, -0.05) is 51.8 Å². The summed E-state index contributed by atoms with van der Waals surface area (Å²) in [6.07, 6.45) is 0.872. The van der Waals surface area contributed by atoms with Gasteiger partial charge in [-0.15, -0.1) is 0 Å². The summed E-state index contributed by atoms with van der Waals surface area (Å²) < 4.78 is 1.08. The van der Waals surface area contributed by atoms with E-state index >= 15 is 0 Å². The van der Waals surface area contributed by atoms with Crippen molar-refractivity contribution in [3.8, 4) is 0 Å². The molecule has 2 rings (SSSR count). The third kappa shape index (κ3) is 3.82. The third-order valence-corrected chi connectivity index (χ3v) is 4.18. The third-order valence-electron chi connectivity index (χ3n) is 3.30. The zero-order valence-corrected chi connectivity index (χ0v) is 13.2. The number of halogens is 2. The lowest BCUT2D eigenvalue weighted by Gasteiger charge is -2.16. The highest BCUT2D eigenvalue weighted by atomic mass is 79.9. The summed E-state index contributed by atoms with van der Waals surface area (Å²) in [4.78, 5) is 0. The quantitative estimate of drug-likeness (QED) is 0.859. The van der Waals surface area contributed by atoms with Gasteiger partial charge >= 0.3 is 0 Å². The Labute approximate surface area is 127 Å². The molecule has 0 bridgehead atoms. The van der Waals surface area contributed by atoms with E-state index in [0.29, 0.717) is 12.5 Å². The van der Waals surface area contributed by atoms with Crippen molar-refractivity contribution in [2.45, 2.75) is 19.3 Å². The van der Waals surface area contributed by atoms with E-state index in [9.17, 15) is 0 Å². The van der Waals surface area contributed by atoms with Crippen molar-refractivity contribution in [2.75, 3.05) is 6.54 Å². The van der Waals surface area contributed by atoms with Crippen molar-refractivity contribution < 1.29 is 0 Å². The lowest BCUT2D eigenvalue weighted by atomic mass is 9.92. The van der Waals surface area contributed by atoms with E-state index in [0.717, 1.165) is 21.5 Å². The smallest absolute Gasteiger partial charge is 0.0440 e. The summed E-state index contributed by atoms with van der Waals surface area (Å²) in [5, 5.41) is 0.829. The van der Waals surface area contributed by atoms with Crippen LogP contribution in [0.25, 0.3) is 0 Å². The Morgan fingerprint density at radius 3 is 2.42 bits per heavy atom. The minimum absolute atomic E-state index is 0.299. The first kappa shape index (κ1) is 14.6. The molecule has 0 spiro atoms. The second kappa shape index (κ2) is 6.56. The molecular weight excluding hydrogens is 322 g/mol. The van der Waals surface area contributed by atoms with Gasteiger partial charge in [0, 0.05) is 15.4 Å². The Morgan fingerprint density at radius 2 is 1.84 bits per heavy atom. The highest BCUT2D eigenvalue weighted by Gasteiger charge is 2.12. The molecule has 0 aliphatic rings. The minimum Gasteiger partial charge on any atom is -0.330 e. The van der Waals surface area contributed by atoms with Crippen LogP contribution >= 0.6 is 27.5 Å². The molecule has 0 heterocycles. The summed E-state index contributed by atoms with van der Waals surface area (Å²) in [7, 11) is 0. The molecule has 1 atom stereocenters. The number of hydrogen-bond donors (Lipinski definition) is 1. The fraction of sp³-hybridized carbons (Fsp3) is 0.250. The molecule has 100 valence electrons. The van der Waals surface area contributed by atoms with Crippen LogP contribution in [0, 0.1) is 6.92 Å². The molecule has 0 fully saturated rings. The molecule has 2 aromatic rings. The number of benzene rings is 2. The molecule has 1 nitrogen and oxygen atoms in total. The lowest BCUT2D eigenvalue weighted by molar-refractivity contribution is 0.694. The predicted octanol–water partition coefficient (Wildman–Crippen LogP) is 4.70. The van der Waals surface area contributed by atoms with Crippen molar-refractivity contribution in [2.24, 2.45) is 5.73 Å². The number of aryl methyl sites for hydroxylation is 1. The van der Waals surface area contributed by atoms with Crippen LogP contribution in [0.5, 0.6) is 0 Å². The molecule has 0 aromatic heterocycles. The Bertz CT molecular complexity index is 551. The summed E-state index contributed by atoms with van der Waals surface area (Å²) >= 11 is 9.75. The average Bonchev–Trinajstić information content (AvgIpc) is 2.39. The normalized spacial score (nSPS) is 12.4. The summed E-state index contributed by atoms with van der Waals surface area (Å²) in [6, 6.07) is 14.5. The molecule has 2 N–H and O–H groups in total. The molecule has 0 radical (unpaired) electrons. The minimum atomic E-state index is 0.299. The maximum atomic E-state index is 6.29. The molecule has 0 saturated heterocycles. The van der Waals surface area contributed by atoms with Gasteiger partial charge < -0.3 is 5.73 Å². The van der Waals surface area contributed by atoms with E-state index in [1.165, 1.54) is 11.1 Å². The van der Waals surface area contributed by atoms with Crippen molar-refractivity contribution in [3.63, 3.8) is 0 Å². The molecule has 1 unspecified atom stereocenters. The number of nitrogens with two attached hydrogens (primary N) is 1. The topological polar surface area (TPSA) is 26.0 Å². The van der Waals surface area contributed by atoms with E-state index in [4.69, 9.17) is 17.3 Å². The second-order valence-electron chi connectivity index (χ2n) is 4.78. The van der Waals surface area contributed by atoms with Crippen LogP contribution in [0.4, 0.5) is 0 Å². The van der Waals surface area contributed by atoms with Crippen LogP contribution in [-0.4, -0.2) is 6.54 Å². The highest BCUT2D eigenvalue weighted by molar-refractivity contribution is 9.10. The largest absolute Gasteiger partial charge is 0.330 e. The molecule has 19 heavy (non-hydrogen) atoms. The lowest BCUT2D eigenvalue weighted by Crippen LogP contribution is -2.15. The summed E-state index contributed by atoms with van der Waals surface area (Å²) in [5.74, 6) is 0.299. The van der Waals surface area contributed by atoms with Gasteiger partial charge in [-0.05, 0) is 54.8 Å². The first-order valence-electron chi connectivity index (χ1n) is 6.30. The summed E-state index contributed by atoms with van der Waals surface area (Å²) in [6.45, 7) is 2.66. The Kier molecular flexibility index (Phi) is 5.03. The Hall–Kier alpha value is -0.830. The number of rotatable bonds is 4. The maximum Gasteiger partial charge on any atom is 0.0440 e. The van der Waals surface area contributed by atoms with Gasteiger partial charge in [-0.3, -0.25) is 0 Å². The van der Waals surface area contributed by atoms with Gasteiger partial charge in [0.15, 0.2) is 0 Å². The Morgan fingerprint density at radius 1 is 1.16 bits per heavy atom. The van der Waals surface area contributed by atoms with Gasteiger partial charge in [-0.2, -0.15) is 0 Å². The van der Waals surface area contributed by atoms with E-state index < -0.39 is 0 Å². The first-order chi connectivity index (χ1) is 9.10. The van der Waals surface area contributed by atoms with E-state index in [1.54, 1.807) is 0 Å². The van der Waals surface area contributed by atoms with Crippen LogP contribution in [0.15, 0.2) is 46.9 Å². The van der Waals surface area contributed by atoms with Gasteiger partial charge in [-0.25, -0.2) is 0 Å². The van der Waals surface area contributed by atoms with Crippen LogP contribution < -0.4 is 5.73 Å². The van der Waals surface area contributed by atoms with Gasteiger partial charge in [0.05, 0.1) is 0 Å². The van der Waals surface area contributed by atoms with Gasteiger partial charge in [0.25, 0.3) is 0 Å². The van der Waals surface area contributed by atoms with Gasteiger partial charge in [0.1, 0.15) is 0 Å². The zero-order chi connectivity index (χ0) is 13.8. The fourth-order valence-corrected chi connectivity index (χ4v) is 2.73. The predicted molar refractivity (Wildman–Crippen MR) is 85.8 cm³/mol. The van der Waals surface area contributed by atoms with Crippen LogP contribution in [-0.2, 0) is 6.42 Å². The fourth-order valence-electron chi connectivity index (χ4n) is 2.16. The number of hydrogen-bond acceptors (Lipinski definition) is 1. The van der Waals surface area contributed by atoms with Crippen LogP contribution in [0.3, 0.4) is 0 Å². The van der Waals surface area contributed by atoms with Crippen molar-refractivity contribution in [3.05, 3.63) is 68.7 Å².